The van der Waals surface area contributed by atoms with Gasteiger partial charge in [0.25, 0.3) is 0 Å². The first kappa shape index (κ1) is 9.57. The Bertz CT molecular complexity index is 293. The molecule has 1 aromatic carbocycles. The van der Waals surface area contributed by atoms with Crippen molar-refractivity contribution in [1.29, 1.82) is 0 Å². The molecule has 1 unspecified atom stereocenters. The summed E-state index contributed by atoms with van der Waals surface area (Å²) >= 11 is 0. The zero-order valence-corrected chi connectivity index (χ0v) is 8.92. The van der Waals surface area contributed by atoms with Gasteiger partial charge >= 0.3 is 0 Å². The highest BCUT2D eigenvalue weighted by molar-refractivity contribution is 5.62. The van der Waals surface area contributed by atoms with E-state index < -0.39 is 0 Å². The second kappa shape index (κ2) is 4.50. The number of nitrogens with one attached hydrogen (secondary N) is 1. The van der Waals surface area contributed by atoms with Gasteiger partial charge in [-0.15, -0.1) is 0 Å². The highest BCUT2D eigenvalue weighted by Crippen LogP contribution is 2.38. The van der Waals surface area contributed by atoms with Crippen LogP contribution in [0.25, 0.3) is 0 Å². The van der Waals surface area contributed by atoms with Crippen LogP contribution in [0.4, 0.5) is 5.69 Å². The first-order valence-electron chi connectivity index (χ1n) is 5.77. The van der Waals surface area contributed by atoms with Crippen molar-refractivity contribution >= 4 is 5.69 Å². The Morgan fingerprint density at radius 3 is 2.79 bits per heavy atom. The van der Waals surface area contributed by atoms with E-state index in [0.29, 0.717) is 6.04 Å². The van der Waals surface area contributed by atoms with E-state index >= 15 is 0 Å². The molecule has 0 bridgehead atoms. The first-order chi connectivity index (χ1) is 6.92. The molecule has 1 heterocycles. The van der Waals surface area contributed by atoms with E-state index in [0.717, 1.165) is 0 Å². The number of benzene rings is 1. The quantitative estimate of drug-likeness (QED) is 0.687. The van der Waals surface area contributed by atoms with Crippen LogP contribution in [0.1, 0.15) is 50.6 Å². The summed E-state index contributed by atoms with van der Waals surface area (Å²) in [6.07, 6.45) is 6.76. The second-order valence-corrected chi connectivity index (χ2v) is 4.13. The summed E-state index contributed by atoms with van der Waals surface area (Å²) in [5.41, 5.74) is 2.86. The Morgan fingerprint density at radius 1 is 1.14 bits per heavy atom. The van der Waals surface area contributed by atoms with Crippen LogP contribution in [0, 0.1) is 0 Å². The van der Waals surface area contributed by atoms with Crippen molar-refractivity contribution in [3.05, 3.63) is 29.8 Å². The van der Waals surface area contributed by atoms with Gasteiger partial charge in [0, 0.05) is 5.69 Å². The van der Waals surface area contributed by atoms with E-state index in [1.807, 2.05) is 0 Å². The highest BCUT2D eigenvalue weighted by atomic mass is 15.0. The van der Waals surface area contributed by atoms with Crippen molar-refractivity contribution in [2.45, 2.75) is 45.1 Å². The molecule has 0 spiro atoms. The van der Waals surface area contributed by atoms with E-state index in [9.17, 15) is 0 Å². The summed E-state index contributed by atoms with van der Waals surface area (Å²) in [5.74, 6) is 0. The Labute approximate surface area is 86.5 Å². The minimum Gasteiger partial charge on any atom is -0.378 e. The minimum absolute atomic E-state index is 0.642. The van der Waals surface area contributed by atoms with Crippen LogP contribution in [0.5, 0.6) is 0 Å². The predicted molar refractivity (Wildman–Crippen MR) is 61.6 cm³/mol. The summed E-state index contributed by atoms with van der Waals surface area (Å²) in [7, 11) is 0. The molecular formula is C13H19N. The molecule has 76 valence electrons. The number of anilines is 1. The first-order valence-corrected chi connectivity index (χ1v) is 5.77. The molecule has 1 N–H and O–H groups in total. The number of fused-ring (bicyclic) bond motifs is 1. The fourth-order valence-electron chi connectivity index (χ4n) is 2.12. The summed E-state index contributed by atoms with van der Waals surface area (Å²) in [6.45, 7) is 2.26. The fraction of sp³-hybridized carbons (Fsp3) is 0.538. The minimum atomic E-state index is 0.642. The lowest BCUT2D eigenvalue weighted by Crippen LogP contribution is -2.22. The number of hydrogen-bond acceptors (Lipinski definition) is 1. The zero-order valence-electron chi connectivity index (χ0n) is 8.92. The molecule has 14 heavy (non-hydrogen) atoms. The molecule has 1 heteroatoms. The largest absolute Gasteiger partial charge is 0.378 e. The Morgan fingerprint density at radius 2 is 2.00 bits per heavy atom. The van der Waals surface area contributed by atoms with Gasteiger partial charge in [-0.25, -0.2) is 0 Å². The maximum absolute atomic E-state index is 3.50. The van der Waals surface area contributed by atoms with E-state index in [4.69, 9.17) is 0 Å². The average molecular weight is 189 g/mol. The van der Waals surface area contributed by atoms with Gasteiger partial charge in [0.05, 0.1) is 6.04 Å². The van der Waals surface area contributed by atoms with Crippen molar-refractivity contribution in [3.8, 4) is 0 Å². The zero-order chi connectivity index (χ0) is 9.80. The molecule has 0 aromatic heterocycles. The second-order valence-electron chi connectivity index (χ2n) is 4.13. The lowest BCUT2D eigenvalue weighted by molar-refractivity contribution is 0.570. The summed E-state index contributed by atoms with van der Waals surface area (Å²) in [4.78, 5) is 0. The van der Waals surface area contributed by atoms with Crippen LogP contribution in [-0.4, -0.2) is 0 Å². The third-order valence-electron chi connectivity index (χ3n) is 3.01. The van der Waals surface area contributed by atoms with Crippen LogP contribution < -0.4 is 5.32 Å². The van der Waals surface area contributed by atoms with E-state index in [1.165, 1.54) is 43.4 Å². The Balaban J connectivity index is 1.76. The van der Waals surface area contributed by atoms with Crippen LogP contribution in [0.2, 0.25) is 0 Å². The number of hydrogen-bond donors (Lipinski definition) is 1. The number of para-hydroxylation sites is 1. The van der Waals surface area contributed by atoms with Crippen molar-refractivity contribution < 1.29 is 0 Å². The molecule has 1 aliphatic rings. The molecule has 0 saturated carbocycles. The molecule has 2 rings (SSSR count). The van der Waals surface area contributed by atoms with Crippen LogP contribution in [-0.2, 0) is 0 Å². The number of unbranched alkanes of at least 4 members (excludes halogenated alkanes) is 3. The van der Waals surface area contributed by atoms with Crippen molar-refractivity contribution in [2.75, 3.05) is 5.32 Å². The number of rotatable bonds is 5. The summed E-state index contributed by atoms with van der Waals surface area (Å²) < 4.78 is 0. The molecule has 0 aliphatic carbocycles. The lowest BCUT2D eigenvalue weighted by atomic mass is 9.92. The molecule has 1 aromatic rings. The van der Waals surface area contributed by atoms with Crippen molar-refractivity contribution in [3.63, 3.8) is 0 Å². The van der Waals surface area contributed by atoms with E-state index in [2.05, 4.69) is 36.5 Å². The normalized spacial score (nSPS) is 18.2. The van der Waals surface area contributed by atoms with Gasteiger partial charge in [0.1, 0.15) is 0 Å². The van der Waals surface area contributed by atoms with Gasteiger partial charge in [0.15, 0.2) is 0 Å². The molecular weight excluding hydrogens is 170 g/mol. The molecule has 0 saturated heterocycles. The topological polar surface area (TPSA) is 12.0 Å². The van der Waals surface area contributed by atoms with Crippen LogP contribution >= 0.6 is 0 Å². The third-order valence-corrected chi connectivity index (χ3v) is 3.01. The average Bonchev–Trinajstić information content (AvgIpc) is 2.19. The highest BCUT2D eigenvalue weighted by Gasteiger charge is 2.23. The lowest BCUT2D eigenvalue weighted by Gasteiger charge is -2.32. The predicted octanol–water partition coefficient (Wildman–Crippen LogP) is 4.12. The third kappa shape index (κ3) is 1.92. The maximum atomic E-state index is 3.50. The van der Waals surface area contributed by atoms with Gasteiger partial charge < -0.3 is 5.32 Å². The molecule has 0 radical (unpaired) electrons. The Hall–Kier alpha value is -0.980. The summed E-state index contributed by atoms with van der Waals surface area (Å²) in [5, 5.41) is 3.50. The van der Waals surface area contributed by atoms with Crippen LogP contribution in [0.15, 0.2) is 24.3 Å². The molecule has 1 nitrogen and oxygen atoms in total. The van der Waals surface area contributed by atoms with Crippen LogP contribution in [0.3, 0.4) is 0 Å². The maximum Gasteiger partial charge on any atom is 0.0534 e. The van der Waals surface area contributed by atoms with Gasteiger partial charge in [-0.05, 0) is 18.1 Å². The Kier molecular flexibility index (Phi) is 3.07. The van der Waals surface area contributed by atoms with Gasteiger partial charge in [-0.3, -0.25) is 0 Å². The fourth-order valence-corrected chi connectivity index (χ4v) is 2.12. The summed E-state index contributed by atoms with van der Waals surface area (Å²) in [6, 6.07) is 9.29. The van der Waals surface area contributed by atoms with Gasteiger partial charge in [-0.2, -0.15) is 0 Å². The monoisotopic (exact) mass is 189 g/mol. The smallest absolute Gasteiger partial charge is 0.0534 e. The van der Waals surface area contributed by atoms with E-state index in [-0.39, 0.29) is 0 Å². The molecule has 0 fully saturated rings. The SMILES string of the molecule is CCCCCCC1Nc2ccccc21. The van der Waals surface area contributed by atoms with Gasteiger partial charge in [0.2, 0.25) is 0 Å². The van der Waals surface area contributed by atoms with Crippen molar-refractivity contribution in [2.24, 2.45) is 0 Å². The molecule has 0 amide bonds. The molecule has 1 atom stereocenters. The van der Waals surface area contributed by atoms with E-state index in [1.54, 1.807) is 0 Å². The van der Waals surface area contributed by atoms with Crippen molar-refractivity contribution in [1.82, 2.24) is 0 Å². The standard InChI is InChI=1S/C13H19N/c1-2-3-4-5-9-12-11-8-6-7-10-13(11)14-12/h6-8,10,12,14H,2-5,9H2,1H3. The van der Waals surface area contributed by atoms with Gasteiger partial charge in [-0.1, -0.05) is 50.8 Å². The molecule has 1 aliphatic heterocycles.